The van der Waals surface area contributed by atoms with E-state index in [0.29, 0.717) is 0 Å². The molecule has 2 heterocycles. The Bertz CT molecular complexity index is 892. The lowest BCUT2D eigenvalue weighted by molar-refractivity contribution is -0.0615. The van der Waals surface area contributed by atoms with Crippen molar-refractivity contribution in [2.45, 2.75) is 44.6 Å². The number of thiocarbonyl (C=S) groups is 1. The predicted molar refractivity (Wildman–Crippen MR) is 124 cm³/mol. The molecule has 2 N–H and O–H groups in total. The highest BCUT2D eigenvalue weighted by atomic mass is 32.1. The van der Waals surface area contributed by atoms with Gasteiger partial charge in [0.15, 0.2) is 5.11 Å². The van der Waals surface area contributed by atoms with Crippen molar-refractivity contribution in [2.75, 3.05) is 18.4 Å². The highest BCUT2D eigenvalue weighted by molar-refractivity contribution is 7.80. The maximum atomic E-state index is 6.06. The molecule has 0 aromatic heterocycles. The van der Waals surface area contributed by atoms with E-state index in [-0.39, 0.29) is 11.0 Å². The van der Waals surface area contributed by atoms with Crippen molar-refractivity contribution >= 4 is 28.7 Å². The Balaban J connectivity index is 1.39. The molecule has 2 aromatic carbocycles. The van der Waals surface area contributed by atoms with E-state index in [4.69, 9.17) is 17.1 Å². The lowest BCUT2D eigenvalue weighted by atomic mass is 9.86. The summed E-state index contributed by atoms with van der Waals surface area (Å²) in [4.78, 5) is 8.28. The van der Waals surface area contributed by atoms with Crippen LogP contribution in [0.2, 0.25) is 0 Å². The van der Waals surface area contributed by atoms with Crippen LogP contribution in [0, 0.1) is 0 Å². The number of hydrogen-bond acceptors (Lipinski definition) is 3. The molecule has 0 unspecified atom stereocenters. The first-order valence-electron chi connectivity index (χ1n) is 10.2. The summed E-state index contributed by atoms with van der Waals surface area (Å²) >= 11 is 5.60. The van der Waals surface area contributed by atoms with Crippen LogP contribution < -0.4 is 10.8 Å². The van der Waals surface area contributed by atoms with Crippen LogP contribution in [0.15, 0.2) is 60.7 Å². The van der Waals surface area contributed by atoms with E-state index >= 15 is 0 Å². The Morgan fingerprint density at radius 3 is 2.31 bits per heavy atom. The molecular weight excluding hydrogens is 378 g/mol. The molecule has 4 rings (SSSR count). The summed E-state index contributed by atoms with van der Waals surface area (Å²) in [7, 11) is 0. The fraction of sp³-hybridized carbons (Fsp3) is 0.375. The maximum absolute atomic E-state index is 6.06. The monoisotopic (exact) mass is 407 g/mol. The molecule has 4 nitrogen and oxygen atoms in total. The van der Waals surface area contributed by atoms with E-state index < -0.39 is 0 Å². The molecule has 0 atom stereocenters. The average molecular weight is 408 g/mol. The van der Waals surface area contributed by atoms with Gasteiger partial charge in [-0.15, -0.1) is 0 Å². The Hall–Kier alpha value is -2.37. The van der Waals surface area contributed by atoms with Crippen molar-refractivity contribution in [2.24, 2.45) is 0 Å². The Morgan fingerprint density at radius 1 is 1.03 bits per heavy atom. The van der Waals surface area contributed by atoms with Crippen LogP contribution in [0.5, 0.6) is 0 Å². The molecule has 0 saturated carbocycles. The second-order valence-corrected chi connectivity index (χ2v) is 9.32. The van der Waals surface area contributed by atoms with Gasteiger partial charge in [-0.05, 0) is 47.0 Å². The van der Waals surface area contributed by atoms with Crippen molar-refractivity contribution in [3.8, 4) is 0 Å². The molecule has 2 aliphatic heterocycles. The van der Waals surface area contributed by atoms with Gasteiger partial charge in [0.2, 0.25) is 0 Å². The molecule has 0 bridgehead atoms. The Kier molecular flexibility index (Phi) is 5.36. The zero-order chi connectivity index (χ0) is 20.5. The summed E-state index contributed by atoms with van der Waals surface area (Å²) in [5.41, 5.74) is 7.66. The van der Waals surface area contributed by atoms with E-state index in [0.717, 1.165) is 42.4 Å². The molecule has 1 spiro atoms. The molecule has 152 valence electrons. The minimum absolute atomic E-state index is 0.159. The molecular formula is C24H29N3OS. The number of para-hydroxylation sites is 1. The standard InChI is InChI=1S/C24H29N3OS/c1-23(2,3)19-11-9-18(10-12-19)21-17-24(28-26-21)13-15-27(16-14-24)22(29)25-20-7-5-4-6-8-20/h4-12,17,26H,13-16H2,1-3H3,(H,25,29). The van der Waals surface area contributed by atoms with Crippen molar-refractivity contribution in [1.29, 1.82) is 0 Å². The number of likely N-dealkylation sites (tertiary alicyclic amines) is 1. The summed E-state index contributed by atoms with van der Waals surface area (Å²) in [5, 5.41) is 4.10. The third-order valence-corrected chi connectivity index (χ3v) is 6.12. The molecule has 29 heavy (non-hydrogen) atoms. The molecule has 0 amide bonds. The molecule has 0 radical (unpaired) electrons. The van der Waals surface area contributed by atoms with Gasteiger partial charge in [0, 0.05) is 31.6 Å². The minimum Gasteiger partial charge on any atom is -0.349 e. The van der Waals surface area contributed by atoms with Gasteiger partial charge in [-0.2, -0.15) is 0 Å². The lowest BCUT2D eigenvalue weighted by Crippen LogP contribution is -2.48. The zero-order valence-electron chi connectivity index (χ0n) is 17.4. The quantitative estimate of drug-likeness (QED) is 0.678. The van der Waals surface area contributed by atoms with Crippen LogP contribution in [0.25, 0.3) is 5.70 Å². The molecule has 2 aromatic rings. The number of benzene rings is 2. The van der Waals surface area contributed by atoms with Gasteiger partial charge in [0.05, 0.1) is 5.70 Å². The van der Waals surface area contributed by atoms with Crippen molar-refractivity contribution in [1.82, 2.24) is 10.4 Å². The summed E-state index contributed by atoms with van der Waals surface area (Å²) in [6.07, 6.45) is 4.06. The lowest BCUT2D eigenvalue weighted by Gasteiger charge is -2.37. The number of nitrogens with zero attached hydrogens (tertiary/aromatic N) is 1. The predicted octanol–water partition coefficient (Wildman–Crippen LogP) is 5.09. The largest absolute Gasteiger partial charge is 0.349 e. The van der Waals surface area contributed by atoms with Crippen LogP contribution in [-0.2, 0) is 10.3 Å². The number of hydrogen-bond donors (Lipinski definition) is 2. The molecule has 0 aliphatic carbocycles. The van der Waals surface area contributed by atoms with Gasteiger partial charge in [0.1, 0.15) is 5.60 Å². The van der Waals surface area contributed by atoms with E-state index in [1.165, 1.54) is 11.1 Å². The van der Waals surface area contributed by atoms with Gasteiger partial charge in [-0.3, -0.25) is 10.3 Å². The average Bonchev–Trinajstić information content (AvgIpc) is 3.12. The number of hydroxylamine groups is 1. The molecule has 1 saturated heterocycles. The number of piperidine rings is 1. The fourth-order valence-electron chi connectivity index (χ4n) is 3.83. The van der Waals surface area contributed by atoms with Crippen LogP contribution in [0.3, 0.4) is 0 Å². The Labute approximate surface area is 178 Å². The van der Waals surface area contributed by atoms with Crippen LogP contribution >= 0.6 is 12.2 Å². The molecule has 1 fully saturated rings. The number of nitrogens with one attached hydrogen (secondary N) is 2. The summed E-state index contributed by atoms with van der Waals surface area (Å²) < 4.78 is 0. The smallest absolute Gasteiger partial charge is 0.173 e. The van der Waals surface area contributed by atoms with E-state index in [2.05, 4.69) is 66.8 Å². The second-order valence-electron chi connectivity index (χ2n) is 8.94. The highest BCUT2D eigenvalue weighted by Crippen LogP contribution is 2.35. The first-order chi connectivity index (χ1) is 13.8. The molecule has 5 heteroatoms. The van der Waals surface area contributed by atoms with Gasteiger partial charge in [-0.25, -0.2) is 0 Å². The summed E-state index contributed by atoms with van der Waals surface area (Å²) in [6.45, 7) is 8.44. The van der Waals surface area contributed by atoms with Gasteiger partial charge >= 0.3 is 0 Å². The fourth-order valence-corrected chi connectivity index (χ4v) is 4.13. The zero-order valence-corrected chi connectivity index (χ0v) is 18.2. The minimum atomic E-state index is -0.253. The van der Waals surface area contributed by atoms with Crippen LogP contribution in [-0.4, -0.2) is 28.7 Å². The van der Waals surface area contributed by atoms with E-state index in [9.17, 15) is 0 Å². The highest BCUT2D eigenvalue weighted by Gasteiger charge is 2.39. The SMILES string of the molecule is CC(C)(C)c1ccc(C2=CC3(CCN(C(=S)Nc4ccccc4)CC3)ON2)cc1. The summed E-state index contributed by atoms with van der Waals surface area (Å²) in [5.74, 6) is 0. The van der Waals surface area contributed by atoms with Gasteiger partial charge in [0.25, 0.3) is 0 Å². The second kappa shape index (κ2) is 7.81. The van der Waals surface area contributed by atoms with Crippen LogP contribution in [0.4, 0.5) is 5.69 Å². The number of rotatable bonds is 2. The first kappa shape index (κ1) is 19.9. The molecule has 2 aliphatic rings. The normalized spacial score (nSPS) is 18.3. The van der Waals surface area contributed by atoms with Crippen LogP contribution in [0.1, 0.15) is 44.7 Å². The maximum Gasteiger partial charge on any atom is 0.173 e. The Morgan fingerprint density at radius 2 is 1.69 bits per heavy atom. The van der Waals surface area contributed by atoms with Crippen molar-refractivity contribution in [3.63, 3.8) is 0 Å². The topological polar surface area (TPSA) is 36.5 Å². The van der Waals surface area contributed by atoms with Gasteiger partial charge < -0.3 is 10.2 Å². The van der Waals surface area contributed by atoms with Crippen molar-refractivity contribution < 1.29 is 4.84 Å². The van der Waals surface area contributed by atoms with E-state index in [1.54, 1.807) is 0 Å². The number of anilines is 1. The van der Waals surface area contributed by atoms with Gasteiger partial charge in [-0.1, -0.05) is 63.2 Å². The van der Waals surface area contributed by atoms with E-state index in [1.807, 2.05) is 30.3 Å². The third-order valence-electron chi connectivity index (χ3n) is 5.76. The van der Waals surface area contributed by atoms with Crippen molar-refractivity contribution in [3.05, 3.63) is 71.8 Å². The first-order valence-corrected chi connectivity index (χ1v) is 10.6. The third kappa shape index (κ3) is 4.46. The summed E-state index contributed by atoms with van der Waals surface area (Å²) in [6, 6.07) is 18.8.